The van der Waals surface area contributed by atoms with Gasteiger partial charge in [0.05, 0.1) is 11.6 Å². The summed E-state index contributed by atoms with van der Waals surface area (Å²) in [6.45, 7) is 4.92. The molecule has 1 N–H and O–H groups in total. The highest BCUT2D eigenvalue weighted by Crippen LogP contribution is 2.38. The van der Waals surface area contributed by atoms with Crippen molar-refractivity contribution in [3.8, 4) is 6.07 Å². The fourth-order valence-corrected chi connectivity index (χ4v) is 3.14. The predicted molar refractivity (Wildman–Crippen MR) is 89.4 cm³/mol. The van der Waals surface area contributed by atoms with Crippen molar-refractivity contribution < 1.29 is 4.79 Å². The molecule has 0 atom stereocenters. The molecular formula is C19H21N3O. The summed E-state index contributed by atoms with van der Waals surface area (Å²) in [5.41, 5.74) is 4.98. The molecule has 1 saturated carbocycles. The van der Waals surface area contributed by atoms with Gasteiger partial charge in [0, 0.05) is 29.5 Å². The number of rotatable bonds is 5. The molecule has 2 aromatic rings. The standard InChI is InChI=1S/C19H21N3O/c1-13-10-16(14(2)22(13)18-6-7-18)8-9-21-19(23)17-5-3-4-15(11-17)12-20/h3-5,10-11,18H,6-9H2,1-2H3,(H,21,23). The third-order valence-electron chi connectivity index (χ3n) is 4.43. The van der Waals surface area contributed by atoms with E-state index in [0.29, 0.717) is 23.7 Å². The maximum atomic E-state index is 12.2. The minimum atomic E-state index is -0.127. The van der Waals surface area contributed by atoms with Crippen molar-refractivity contribution in [2.24, 2.45) is 0 Å². The van der Waals surface area contributed by atoms with Gasteiger partial charge < -0.3 is 9.88 Å². The Kier molecular flexibility index (Phi) is 4.20. The van der Waals surface area contributed by atoms with Crippen LogP contribution < -0.4 is 5.32 Å². The van der Waals surface area contributed by atoms with E-state index < -0.39 is 0 Å². The number of nitrogens with zero attached hydrogens (tertiary/aromatic N) is 2. The second-order valence-electron chi connectivity index (χ2n) is 6.20. The van der Waals surface area contributed by atoms with Crippen LogP contribution in [0, 0.1) is 25.2 Å². The first-order valence-corrected chi connectivity index (χ1v) is 8.06. The third-order valence-corrected chi connectivity index (χ3v) is 4.43. The van der Waals surface area contributed by atoms with E-state index in [9.17, 15) is 4.79 Å². The number of aromatic nitrogens is 1. The Morgan fingerprint density at radius 3 is 2.83 bits per heavy atom. The van der Waals surface area contributed by atoms with Gasteiger partial charge in [0.1, 0.15) is 0 Å². The molecule has 0 radical (unpaired) electrons. The van der Waals surface area contributed by atoms with Crippen LogP contribution in [-0.2, 0) is 6.42 Å². The molecule has 23 heavy (non-hydrogen) atoms. The van der Waals surface area contributed by atoms with E-state index in [4.69, 9.17) is 5.26 Å². The quantitative estimate of drug-likeness (QED) is 0.921. The zero-order valence-electron chi connectivity index (χ0n) is 13.6. The highest BCUT2D eigenvalue weighted by molar-refractivity contribution is 5.94. The smallest absolute Gasteiger partial charge is 0.251 e. The van der Waals surface area contributed by atoms with E-state index in [1.807, 2.05) is 0 Å². The van der Waals surface area contributed by atoms with Crippen molar-refractivity contribution in [3.05, 3.63) is 58.4 Å². The van der Waals surface area contributed by atoms with Gasteiger partial charge in [-0.25, -0.2) is 0 Å². The number of hydrogen-bond acceptors (Lipinski definition) is 2. The average Bonchev–Trinajstić information content (AvgIpc) is 3.34. The van der Waals surface area contributed by atoms with Crippen LogP contribution in [0.5, 0.6) is 0 Å². The van der Waals surface area contributed by atoms with Crippen LogP contribution in [0.3, 0.4) is 0 Å². The molecule has 1 aromatic heterocycles. The van der Waals surface area contributed by atoms with Crippen molar-refractivity contribution in [3.63, 3.8) is 0 Å². The van der Waals surface area contributed by atoms with Gasteiger partial charge in [-0.1, -0.05) is 6.07 Å². The molecule has 3 rings (SSSR count). The first kappa shape index (κ1) is 15.4. The summed E-state index contributed by atoms with van der Waals surface area (Å²) in [4.78, 5) is 12.2. The molecule has 1 fully saturated rings. The van der Waals surface area contributed by atoms with Gasteiger partial charge in [0.25, 0.3) is 5.91 Å². The van der Waals surface area contributed by atoms with Crippen LogP contribution in [0.2, 0.25) is 0 Å². The van der Waals surface area contributed by atoms with E-state index >= 15 is 0 Å². The van der Waals surface area contributed by atoms with Gasteiger partial charge in [-0.15, -0.1) is 0 Å². The zero-order chi connectivity index (χ0) is 16.4. The van der Waals surface area contributed by atoms with E-state index in [2.05, 4.69) is 35.9 Å². The SMILES string of the molecule is Cc1cc(CCNC(=O)c2cccc(C#N)c2)c(C)n1C1CC1. The first-order chi connectivity index (χ1) is 11.1. The van der Waals surface area contributed by atoms with E-state index in [-0.39, 0.29) is 5.91 Å². The fraction of sp³-hybridized carbons (Fsp3) is 0.368. The van der Waals surface area contributed by atoms with Crippen molar-refractivity contribution in [2.45, 2.75) is 39.2 Å². The predicted octanol–water partition coefficient (Wildman–Crippen LogP) is 3.28. The highest BCUT2D eigenvalue weighted by Gasteiger charge is 2.26. The molecule has 0 spiro atoms. The summed E-state index contributed by atoms with van der Waals surface area (Å²) in [6, 6.07) is 11.8. The Morgan fingerprint density at radius 2 is 2.13 bits per heavy atom. The summed E-state index contributed by atoms with van der Waals surface area (Å²) in [6.07, 6.45) is 3.39. The zero-order valence-corrected chi connectivity index (χ0v) is 13.6. The highest BCUT2D eigenvalue weighted by atomic mass is 16.1. The maximum absolute atomic E-state index is 12.2. The summed E-state index contributed by atoms with van der Waals surface area (Å²) in [7, 11) is 0. The number of benzene rings is 1. The summed E-state index contributed by atoms with van der Waals surface area (Å²) in [5, 5.41) is 11.8. The summed E-state index contributed by atoms with van der Waals surface area (Å²) >= 11 is 0. The van der Waals surface area contributed by atoms with Gasteiger partial charge >= 0.3 is 0 Å². The second kappa shape index (κ2) is 6.29. The molecule has 4 heteroatoms. The van der Waals surface area contributed by atoms with Crippen molar-refractivity contribution >= 4 is 5.91 Å². The molecule has 0 aliphatic heterocycles. The van der Waals surface area contributed by atoms with Crippen LogP contribution in [0.1, 0.15) is 51.8 Å². The number of nitriles is 1. The van der Waals surface area contributed by atoms with Crippen molar-refractivity contribution in [2.75, 3.05) is 6.54 Å². The number of hydrogen-bond donors (Lipinski definition) is 1. The molecule has 1 aliphatic carbocycles. The molecule has 0 unspecified atom stereocenters. The van der Waals surface area contributed by atoms with Crippen LogP contribution in [-0.4, -0.2) is 17.0 Å². The number of carbonyl (C=O) groups excluding carboxylic acids is 1. The average molecular weight is 307 g/mol. The van der Waals surface area contributed by atoms with E-state index in [1.165, 1.54) is 29.8 Å². The van der Waals surface area contributed by atoms with Gasteiger partial charge in [-0.3, -0.25) is 4.79 Å². The van der Waals surface area contributed by atoms with Crippen molar-refractivity contribution in [1.29, 1.82) is 5.26 Å². The lowest BCUT2D eigenvalue weighted by atomic mass is 10.1. The Balaban J connectivity index is 1.60. The fourth-order valence-electron chi connectivity index (χ4n) is 3.14. The Hall–Kier alpha value is -2.54. The lowest BCUT2D eigenvalue weighted by Crippen LogP contribution is -2.25. The molecule has 118 valence electrons. The number of aryl methyl sites for hydroxylation is 1. The number of nitrogens with one attached hydrogen (secondary N) is 1. The Morgan fingerprint density at radius 1 is 1.35 bits per heavy atom. The Bertz CT molecular complexity index is 778. The molecule has 1 amide bonds. The maximum Gasteiger partial charge on any atom is 0.251 e. The molecule has 0 bridgehead atoms. The summed E-state index contributed by atoms with van der Waals surface area (Å²) in [5.74, 6) is -0.127. The van der Waals surface area contributed by atoms with Crippen LogP contribution in [0.25, 0.3) is 0 Å². The lowest BCUT2D eigenvalue weighted by Gasteiger charge is -2.08. The van der Waals surface area contributed by atoms with Crippen LogP contribution >= 0.6 is 0 Å². The first-order valence-electron chi connectivity index (χ1n) is 8.06. The van der Waals surface area contributed by atoms with Crippen LogP contribution in [0.15, 0.2) is 30.3 Å². The number of carbonyl (C=O) groups is 1. The van der Waals surface area contributed by atoms with Crippen LogP contribution in [0.4, 0.5) is 0 Å². The normalized spacial score (nSPS) is 13.6. The Labute approximate surface area is 136 Å². The van der Waals surface area contributed by atoms with E-state index in [0.717, 1.165) is 6.42 Å². The minimum Gasteiger partial charge on any atom is -0.352 e. The minimum absolute atomic E-state index is 0.127. The van der Waals surface area contributed by atoms with E-state index in [1.54, 1.807) is 24.3 Å². The molecule has 4 nitrogen and oxygen atoms in total. The molecule has 1 aromatic carbocycles. The second-order valence-corrected chi connectivity index (χ2v) is 6.20. The van der Waals surface area contributed by atoms with Crippen molar-refractivity contribution in [1.82, 2.24) is 9.88 Å². The van der Waals surface area contributed by atoms with Gasteiger partial charge in [-0.2, -0.15) is 5.26 Å². The topological polar surface area (TPSA) is 57.8 Å². The molecular weight excluding hydrogens is 286 g/mol. The molecule has 1 aliphatic rings. The van der Waals surface area contributed by atoms with Gasteiger partial charge in [0.15, 0.2) is 0 Å². The largest absolute Gasteiger partial charge is 0.352 e. The van der Waals surface area contributed by atoms with Gasteiger partial charge in [-0.05, 0) is 62.9 Å². The number of amides is 1. The molecule has 1 heterocycles. The third kappa shape index (κ3) is 3.29. The lowest BCUT2D eigenvalue weighted by molar-refractivity contribution is 0.0954. The molecule has 0 saturated heterocycles. The summed E-state index contributed by atoms with van der Waals surface area (Å²) < 4.78 is 2.42. The monoisotopic (exact) mass is 307 g/mol. The van der Waals surface area contributed by atoms with Gasteiger partial charge in [0.2, 0.25) is 0 Å².